The molecule has 0 amide bonds. The van der Waals surface area contributed by atoms with Crippen molar-refractivity contribution in [2.45, 2.75) is 19.3 Å². The predicted molar refractivity (Wildman–Crippen MR) is 251 cm³/mol. The van der Waals surface area contributed by atoms with E-state index in [1.165, 1.54) is 66.3 Å². The summed E-state index contributed by atoms with van der Waals surface area (Å²) in [6.07, 6.45) is 0. The summed E-state index contributed by atoms with van der Waals surface area (Å²) in [4.78, 5) is 2.37. The Morgan fingerprint density at radius 1 is 0.417 bits per heavy atom. The number of para-hydroxylation sites is 4. The summed E-state index contributed by atoms with van der Waals surface area (Å²) in [7, 11) is 0. The second kappa shape index (κ2) is 13.2. The van der Waals surface area contributed by atoms with E-state index >= 15 is 0 Å². The molecule has 1 aliphatic carbocycles. The molecule has 0 saturated heterocycles. The molecule has 1 aliphatic rings. The van der Waals surface area contributed by atoms with Crippen molar-refractivity contribution < 1.29 is 4.42 Å². The molecule has 3 heteroatoms. The molecular formula is C57H40N2O. The van der Waals surface area contributed by atoms with E-state index in [0.29, 0.717) is 0 Å². The van der Waals surface area contributed by atoms with E-state index in [0.717, 1.165) is 44.7 Å². The van der Waals surface area contributed by atoms with Gasteiger partial charge in [-0.25, -0.2) is 0 Å². The first-order valence-corrected chi connectivity index (χ1v) is 20.8. The first kappa shape index (κ1) is 34.4. The van der Waals surface area contributed by atoms with Gasteiger partial charge in [-0.1, -0.05) is 147 Å². The summed E-state index contributed by atoms with van der Waals surface area (Å²) in [6.45, 7) is 4.73. The van der Waals surface area contributed by atoms with Gasteiger partial charge in [0.15, 0.2) is 5.58 Å². The van der Waals surface area contributed by atoms with Crippen LogP contribution >= 0.6 is 0 Å². The molecule has 0 N–H and O–H groups in total. The number of hydrogen-bond acceptors (Lipinski definition) is 2. The van der Waals surface area contributed by atoms with Crippen LogP contribution < -0.4 is 4.90 Å². The van der Waals surface area contributed by atoms with E-state index in [1.807, 2.05) is 6.07 Å². The Kier molecular flexibility index (Phi) is 7.58. The Hall–Kier alpha value is -7.62. The molecule has 60 heavy (non-hydrogen) atoms. The SMILES string of the molecule is CC1(C)c2cc(-c3ccccc3)ccc2-c2ccc(N(c3ccc(-c4ccc5c(c4)c4ccccc4n5-c4ccccc4)cc3)c3cccc4c3oc3ccccc34)cc21. The third-order valence-corrected chi connectivity index (χ3v) is 12.8. The number of aromatic nitrogens is 1. The highest BCUT2D eigenvalue weighted by molar-refractivity contribution is 6.11. The monoisotopic (exact) mass is 768 g/mol. The third kappa shape index (κ3) is 5.22. The largest absolute Gasteiger partial charge is 0.454 e. The average molecular weight is 769 g/mol. The molecule has 12 rings (SSSR count). The highest BCUT2D eigenvalue weighted by atomic mass is 16.3. The maximum Gasteiger partial charge on any atom is 0.159 e. The van der Waals surface area contributed by atoms with Crippen molar-refractivity contribution in [3.63, 3.8) is 0 Å². The van der Waals surface area contributed by atoms with Gasteiger partial charge in [0.1, 0.15) is 5.58 Å². The number of fused-ring (bicyclic) bond motifs is 9. The maximum absolute atomic E-state index is 6.71. The number of benzene rings is 9. The summed E-state index contributed by atoms with van der Waals surface area (Å²) in [6, 6.07) is 74.8. The number of furan rings is 1. The van der Waals surface area contributed by atoms with Gasteiger partial charge in [0, 0.05) is 44.0 Å². The van der Waals surface area contributed by atoms with Gasteiger partial charge < -0.3 is 13.9 Å². The second-order valence-electron chi connectivity index (χ2n) is 16.5. The minimum atomic E-state index is -0.200. The lowest BCUT2D eigenvalue weighted by molar-refractivity contribution is 0.660. The van der Waals surface area contributed by atoms with Crippen LogP contribution in [0.3, 0.4) is 0 Å². The van der Waals surface area contributed by atoms with Gasteiger partial charge >= 0.3 is 0 Å². The highest BCUT2D eigenvalue weighted by Crippen LogP contribution is 2.52. The molecule has 0 bridgehead atoms. The van der Waals surface area contributed by atoms with Crippen LogP contribution in [0.15, 0.2) is 211 Å². The molecule has 2 heterocycles. The minimum absolute atomic E-state index is 0.200. The van der Waals surface area contributed by atoms with Gasteiger partial charge in [0.2, 0.25) is 0 Å². The van der Waals surface area contributed by atoms with Gasteiger partial charge in [-0.2, -0.15) is 0 Å². The van der Waals surface area contributed by atoms with Crippen molar-refractivity contribution in [1.82, 2.24) is 4.57 Å². The van der Waals surface area contributed by atoms with Crippen LogP contribution in [0.2, 0.25) is 0 Å². The van der Waals surface area contributed by atoms with Crippen LogP contribution in [-0.2, 0) is 5.41 Å². The molecule has 0 spiro atoms. The molecule has 0 saturated carbocycles. The lowest BCUT2D eigenvalue weighted by Crippen LogP contribution is -2.16. The van der Waals surface area contributed by atoms with Crippen molar-refractivity contribution in [1.29, 1.82) is 0 Å². The van der Waals surface area contributed by atoms with Crippen molar-refractivity contribution in [2.75, 3.05) is 4.90 Å². The van der Waals surface area contributed by atoms with Crippen molar-refractivity contribution in [2.24, 2.45) is 0 Å². The van der Waals surface area contributed by atoms with E-state index in [4.69, 9.17) is 4.42 Å². The third-order valence-electron chi connectivity index (χ3n) is 12.8. The van der Waals surface area contributed by atoms with Gasteiger partial charge in [-0.05, 0) is 117 Å². The smallest absolute Gasteiger partial charge is 0.159 e. The quantitative estimate of drug-likeness (QED) is 0.168. The Morgan fingerprint density at radius 3 is 1.82 bits per heavy atom. The molecule has 0 atom stereocenters. The van der Waals surface area contributed by atoms with Gasteiger partial charge in [-0.15, -0.1) is 0 Å². The normalized spacial score (nSPS) is 13.0. The number of hydrogen-bond donors (Lipinski definition) is 0. The molecule has 3 nitrogen and oxygen atoms in total. The van der Waals surface area contributed by atoms with Gasteiger partial charge in [0.25, 0.3) is 0 Å². The molecular weight excluding hydrogens is 729 g/mol. The van der Waals surface area contributed by atoms with Crippen LogP contribution in [0, 0.1) is 0 Å². The van der Waals surface area contributed by atoms with Crippen molar-refractivity contribution in [3.05, 3.63) is 217 Å². The summed E-state index contributed by atoms with van der Waals surface area (Å²) in [5.41, 5.74) is 18.4. The molecule has 284 valence electrons. The minimum Gasteiger partial charge on any atom is -0.454 e. The Balaban J connectivity index is 0.991. The molecule has 2 aromatic heterocycles. The standard InChI is InChI=1S/C57H40N2O/c1-57(2)50-35-40(37-14-5-3-6-15-37)26-31-44(50)45-32-30-43(36-51(45)57)58(54-22-13-20-48-47-19-10-12-23-55(47)60-56(48)54)42-28-24-38(25-29-42)39-27-33-53-49(34-39)46-18-9-11-21-52(46)59(53)41-16-7-4-8-17-41/h3-36H,1-2H3. The zero-order chi connectivity index (χ0) is 40.0. The van der Waals surface area contributed by atoms with Crippen molar-refractivity contribution >= 4 is 60.8 Å². The number of anilines is 3. The fourth-order valence-electron chi connectivity index (χ4n) is 9.82. The highest BCUT2D eigenvalue weighted by Gasteiger charge is 2.36. The van der Waals surface area contributed by atoms with Crippen LogP contribution in [-0.4, -0.2) is 4.57 Å². The lowest BCUT2D eigenvalue weighted by Gasteiger charge is -2.28. The Bertz CT molecular complexity index is 3450. The zero-order valence-corrected chi connectivity index (χ0v) is 33.4. The van der Waals surface area contributed by atoms with E-state index in [2.05, 4.69) is 224 Å². The van der Waals surface area contributed by atoms with E-state index in [1.54, 1.807) is 0 Å². The Labute approximate surface area is 349 Å². The molecule has 0 radical (unpaired) electrons. The van der Waals surface area contributed by atoms with E-state index < -0.39 is 0 Å². The van der Waals surface area contributed by atoms with Crippen molar-refractivity contribution in [3.8, 4) is 39.1 Å². The summed E-state index contributed by atoms with van der Waals surface area (Å²) in [5.74, 6) is 0. The summed E-state index contributed by atoms with van der Waals surface area (Å²) >= 11 is 0. The molecule has 9 aromatic carbocycles. The van der Waals surface area contributed by atoms with Gasteiger partial charge in [0.05, 0.1) is 16.7 Å². The topological polar surface area (TPSA) is 21.3 Å². The van der Waals surface area contributed by atoms with Crippen LogP contribution in [0.5, 0.6) is 0 Å². The van der Waals surface area contributed by atoms with Crippen LogP contribution in [0.4, 0.5) is 17.1 Å². The number of rotatable bonds is 6. The van der Waals surface area contributed by atoms with Crippen LogP contribution in [0.25, 0.3) is 82.8 Å². The van der Waals surface area contributed by atoms with E-state index in [9.17, 15) is 0 Å². The van der Waals surface area contributed by atoms with Gasteiger partial charge in [-0.3, -0.25) is 0 Å². The first-order valence-electron chi connectivity index (χ1n) is 20.8. The molecule has 0 aliphatic heterocycles. The predicted octanol–water partition coefficient (Wildman–Crippen LogP) is 15.8. The fourth-order valence-corrected chi connectivity index (χ4v) is 9.82. The molecule has 0 fully saturated rings. The lowest BCUT2D eigenvalue weighted by atomic mass is 9.81. The molecule has 0 unspecified atom stereocenters. The first-order chi connectivity index (χ1) is 29.5. The maximum atomic E-state index is 6.71. The Morgan fingerprint density at radius 2 is 1.00 bits per heavy atom. The van der Waals surface area contributed by atoms with E-state index in [-0.39, 0.29) is 5.41 Å². The zero-order valence-electron chi connectivity index (χ0n) is 33.4. The molecule has 11 aromatic rings. The summed E-state index contributed by atoms with van der Waals surface area (Å²) < 4.78 is 9.07. The summed E-state index contributed by atoms with van der Waals surface area (Å²) in [5, 5.41) is 4.72. The second-order valence-corrected chi connectivity index (χ2v) is 16.5. The average Bonchev–Trinajstić information content (AvgIpc) is 3.93. The number of nitrogens with zero attached hydrogens (tertiary/aromatic N) is 2. The van der Waals surface area contributed by atoms with Crippen LogP contribution in [0.1, 0.15) is 25.0 Å². The fraction of sp³-hybridized carbons (Fsp3) is 0.0526.